The van der Waals surface area contributed by atoms with E-state index in [1.807, 2.05) is 17.9 Å². The lowest BCUT2D eigenvalue weighted by atomic mass is 9.93. The second kappa shape index (κ2) is 6.49. The lowest BCUT2D eigenvalue weighted by molar-refractivity contribution is 0.0868. The molecule has 0 radical (unpaired) electrons. The molecule has 4 nitrogen and oxygen atoms in total. The average Bonchev–Trinajstić information content (AvgIpc) is 3.27. The Bertz CT molecular complexity index is 451. The maximum atomic E-state index is 4.29. The Morgan fingerprint density at radius 1 is 1.43 bits per heavy atom. The van der Waals surface area contributed by atoms with Crippen molar-refractivity contribution in [1.29, 1.82) is 0 Å². The molecule has 2 heterocycles. The number of hydrogen-bond donors (Lipinski definition) is 1. The number of nitrogens with one attached hydrogen (secondary N) is 1. The Morgan fingerprint density at radius 2 is 2.24 bits per heavy atom. The van der Waals surface area contributed by atoms with Crippen LogP contribution in [-0.4, -0.2) is 46.4 Å². The average molecular weight is 290 g/mol. The summed E-state index contributed by atoms with van der Waals surface area (Å²) in [6.07, 6.45) is 9.42. The van der Waals surface area contributed by atoms with E-state index >= 15 is 0 Å². The standard InChI is InChI=1S/C17H30N4/c1-4-13(2)17-10-18-16(15-5-6-15)12-21(17)8-7-14-9-19-20(3)11-14/h9,11,13,15-18H,4-8,10,12H2,1-3H3. The number of aromatic nitrogens is 2. The molecule has 2 aliphatic rings. The second-order valence-corrected chi connectivity index (χ2v) is 7.07. The molecule has 1 aromatic rings. The van der Waals surface area contributed by atoms with Gasteiger partial charge in [-0.3, -0.25) is 9.58 Å². The molecule has 1 aliphatic carbocycles. The van der Waals surface area contributed by atoms with Gasteiger partial charge in [-0.1, -0.05) is 20.3 Å². The molecule has 1 aliphatic heterocycles. The zero-order valence-electron chi connectivity index (χ0n) is 13.8. The molecule has 0 amide bonds. The van der Waals surface area contributed by atoms with Crippen LogP contribution in [0.2, 0.25) is 0 Å². The zero-order chi connectivity index (χ0) is 14.8. The SMILES string of the molecule is CCC(C)C1CNC(C2CC2)CN1CCc1cnn(C)c1. The van der Waals surface area contributed by atoms with Crippen molar-refractivity contribution < 1.29 is 0 Å². The first-order valence-electron chi connectivity index (χ1n) is 8.62. The van der Waals surface area contributed by atoms with Crippen LogP contribution in [0, 0.1) is 11.8 Å². The van der Waals surface area contributed by atoms with E-state index in [4.69, 9.17) is 0 Å². The molecule has 21 heavy (non-hydrogen) atoms. The third-order valence-corrected chi connectivity index (χ3v) is 5.43. The van der Waals surface area contributed by atoms with E-state index in [9.17, 15) is 0 Å². The minimum atomic E-state index is 0.696. The van der Waals surface area contributed by atoms with Crippen molar-refractivity contribution >= 4 is 0 Å². The third-order valence-electron chi connectivity index (χ3n) is 5.43. The molecule has 3 rings (SSSR count). The Balaban J connectivity index is 1.61. The Morgan fingerprint density at radius 3 is 2.86 bits per heavy atom. The Labute approximate surface area is 128 Å². The molecule has 1 N–H and O–H groups in total. The van der Waals surface area contributed by atoms with E-state index in [1.54, 1.807) is 0 Å². The van der Waals surface area contributed by atoms with E-state index in [0.29, 0.717) is 6.04 Å². The summed E-state index contributed by atoms with van der Waals surface area (Å²) in [7, 11) is 2.00. The molecule has 2 fully saturated rings. The quantitative estimate of drug-likeness (QED) is 0.870. The van der Waals surface area contributed by atoms with Crippen molar-refractivity contribution in [3.05, 3.63) is 18.0 Å². The maximum Gasteiger partial charge on any atom is 0.0522 e. The van der Waals surface area contributed by atoms with Crippen molar-refractivity contribution in [1.82, 2.24) is 20.0 Å². The number of piperazine rings is 1. The van der Waals surface area contributed by atoms with Crippen LogP contribution in [-0.2, 0) is 13.5 Å². The first-order valence-corrected chi connectivity index (χ1v) is 8.62. The van der Waals surface area contributed by atoms with Gasteiger partial charge in [0.2, 0.25) is 0 Å². The van der Waals surface area contributed by atoms with Gasteiger partial charge in [-0.25, -0.2) is 0 Å². The third kappa shape index (κ3) is 3.67. The summed E-state index contributed by atoms with van der Waals surface area (Å²) in [6.45, 7) is 8.30. The number of nitrogens with zero attached hydrogens (tertiary/aromatic N) is 3. The summed E-state index contributed by atoms with van der Waals surface area (Å²) in [6, 6.07) is 1.43. The fourth-order valence-corrected chi connectivity index (χ4v) is 3.63. The van der Waals surface area contributed by atoms with Gasteiger partial charge in [0, 0.05) is 45.0 Å². The van der Waals surface area contributed by atoms with Crippen LogP contribution in [0.4, 0.5) is 0 Å². The molecule has 3 atom stereocenters. The van der Waals surface area contributed by atoms with Crippen LogP contribution in [0.1, 0.15) is 38.7 Å². The Hall–Kier alpha value is -0.870. The zero-order valence-corrected chi connectivity index (χ0v) is 13.8. The summed E-state index contributed by atoms with van der Waals surface area (Å²) >= 11 is 0. The van der Waals surface area contributed by atoms with Crippen molar-refractivity contribution in [2.75, 3.05) is 19.6 Å². The van der Waals surface area contributed by atoms with Gasteiger partial charge in [0.25, 0.3) is 0 Å². The maximum absolute atomic E-state index is 4.29. The van der Waals surface area contributed by atoms with E-state index < -0.39 is 0 Å². The summed E-state index contributed by atoms with van der Waals surface area (Å²) in [5, 5.41) is 8.11. The smallest absolute Gasteiger partial charge is 0.0522 e. The van der Waals surface area contributed by atoms with Gasteiger partial charge >= 0.3 is 0 Å². The minimum absolute atomic E-state index is 0.696. The van der Waals surface area contributed by atoms with Crippen molar-refractivity contribution in [3.63, 3.8) is 0 Å². The first kappa shape index (κ1) is 15.0. The number of rotatable bonds is 6. The van der Waals surface area contributed by atoms with E-state index in [2.05, 4.69) is 35.4 Å². The highest BCUT2D eigenvalue weighted by atomic mass is 15.3. The summed E-state index contributed by atoms with van der Waals surface area (Å²) in [5.41, 5.74) is 1.36. The van der Waals surface area contributed by atoms with Gasteiger partial charge in [0.1, 0.15) is 0 Å². The molecule has 0 bridgehead atoms. The molecule has 0 aromatic carbocycles. The number of aryl methyl sites for hydroxylation is 1. The van der Waals surface area contributed by atoms with Gasteiger partial charge in [-0.05, 0) is 36.7 Å². The first-order chi connectivity index (χ1) is 10.2. The van der Waals surface area contributed by atoms with Crippen molar-refractivity contribution in [2.45, 2.75) is 51.6 Å². The fraction of sp³-hybridized carbons (Fsp3) is 0.824. The van der Waals surface area contributed by atoms with Crippen LogP contribution in [0.25, 0.3) is 0 Å². The van der Waals surface area contributed by atoms with Gasteiger partial charge < -0.3 is 5.32 Å². The van der Waals surface area contributed by atoms with Crippen LogP contribution >= 0.6 is 0 Å². The van der Waals surface area contributed by atoms with Gasteiger partial charge in [0.05, 0.1) is 6.20 Å². The van der Waals surface area contributed by atoms with Gasteiger partial charge in [0.15, 0.2) is 0 Å². The predicted molar refractivity (Wildman–Crippen MR) is 86.2 cm³/mol. The lowest BCUT2D eigenvalue weighted by Gasteiger charge is -2.43. The summed E-state index contributed by atoms with van der Waals surface area (Å²) < 4.78 is 1.91. The van der Waals surface area contributed by atoms with E-state index in [1.165, 1.54) is 44.5 Å². The molecule has 0 spiro atoms. The van der Waals surface area contributed by atoms with Crippen molar-refractivity contribution in [2.24, 2.45) is 18.9 Å². The molecule has 3 unspecified atom stereocenters. The van der Waals surface area contributed by atoms with Crippen LogP contribution < -0.4 is 5.32 Å². The fourth-order valence-electron chi connectivity index (χ4n) is 3.63. The second-order valence-electron chi connectivity index (χ2n) is 7.07. The van der Waals surface area contributed by atoms with E-state index in [0.717, 1.165) is 24.3 Å². The Kier molecular flexibility index (Phi) is 4.65. The molecule has 1 saturated carbocycles. The molecular formula is C17H30N4. The lowest BCUT2D eigenvalue weighted by Crippen LogP contribution is -2.59. The topological polar surface area (TPSA) is 33.1 Å². The monoisotopic (exact) mass is 290 g/mol. The normalized spacial score (nSPS) is 28.7. The molecule has 1 saturated heterocycles. The molecule has 4 heteroatoms. The highest BCUT2D eigenvalue weighted by Crippen LogP contribution is 2.35. The van der Waals surface area contributed by atoms with Crippen LogP contribution in [0.15, 0.2) is 12.4 Å². The molecular weight excluding hydrogens is 260 g/mol. The summed E-state index contributed by atoms with van der Waals surface area (Å²) in [5.74, 6) is 1.72. The molecule has 118 valence electrons. The van der Waals surface area contributed by atoms with Gasteiger partial charge in [-0.15, -0.1) is 0 Å². The predicted octanol–water partition coefficient (Wildman–Crippen LogP) is 2.06. The van der Waals surface area contributed by atoms with Crippen LogP contribution in [0.5, 0.6) is 0 Å². The minimum Gasteiger partial charge on any atom is -0.311 e. The number of hydrogen-bond acceptors (Lipinski definition) is 3. The highest BCUT2D eigenvalue weighted by molar-refractivity contribution is 5.05. The summed E-state index contributed by atoms with van der Waals surface area (Å²) in [4.78, 5) is 2.75. The largest absolute Gasteiger partial charge is 0.311 e. The van der Waals surface area contributed by atoms with Crippen molar-refractivity contribution in [3.8, 4) is 0 Å². The van der Waals surface area contributed by atoms with E-state index in [-0.39, 0.29) is 0 Å². The van der Waals surface area contributed by atoms with Gasteiger partial charge in [-0.2, -0.15) is 5.10 Å². The molecule has 1 aromatic heterocycles. The highest BCUT2D eigenvalue weighted by Gasteiger charge is 2.38. The van der Waals surface area contributed by atoms with Crippen LogP contribution in [0.3, 0.4) is 0 Å².